The second-order valence-corrected chi connectivity index (χ2v) is 6.68. The summed E-state index contributed by atoms with van der Waals surface area (Å²) in [4.78, 5) is 15.4. The molecule has 1 aliphatic heterocycles. The van der Waals surface area contributed by atoms with Gasteiger partial charge in [0.25, 0.3) is 5.91 Å². The molecular weight excluding hydrogens is 328 g/mol. The number of ether oxygens (including phenoxy) is 2. The molecule has 1 heterocycles. The first-order valence-corrected chi connectivity index (χ1v) is 9.39. The molecule has 0 aliphatic carbocycles. The number of fused-ring (bicyclic) bond motifs is 1. The average Bonchev–Trinajstić information content (AvgIpc) is 2.67. The van der Waals surface area contributed by atoms with E-state index in [1.807, 2.05) is 43.3 Å². The highest BCUT2D eigenvalue weighted by Crippen LogP contribution is 2.28. The quantitative estimate of drug-likeness (QED) is 0.828. The molecule has 1 aliphatic rings. The van der Waals surface area contributed by atoms with E-state index in [0.29, 0.717) is 17.9 Å². The molecule has 1 N–H and O–H groups in total. The lowest BCUT2D eigenvalue weighted by Crippen LogP contribution is -2.45. The van der Waals surface area contributed by atoms with Crippen molar-refractivity contribution in [2.45, 2.75) is 25.8 Å². The Labute approximate surface area is 155 Å². The normalized spacial score (nSPS) is 15.9. The number of rotatable bonds is 7. The smallest absolute Gasteiger partial charge is 0.255 e. The summed E-state index contributed by atoms with van der Waals surface area (Å²) in [6.07, 6.45) is 1.92. The van der Waals surface area contributed by atoms with Crippen LogP contribution in [0.1, 0.15) is 30.1 Å². The fourth-order valence-corrected chi connectivity index (χ4v) is 3.54. The van der Waals surface area contributed by atoms with Crippen LogP contribution in [-0.4, -0.2) is 56.8 Å². The molecule has 0 saturated carbocycles. The van der Waals surface area contributed by atoms with Gasteiger partial charge in [0, 0.05) is 32.8 Å². The van der Waals surface area contributed by atoms with Gasteiger partial charge in [-0.25, -0.2) is 0 Å². The fraction of sp³-hybridized carbons (Fsp3) is 0.476. The van der Waals surface area contributed by atoms with Crippen LogP contribution in [0.2, 0.25) is 0 Å². The Hall–Kier alpha value is -2.11. The van der Waals surface area contributed by atoms with Gasteiger partial charge in [-0.3, -0.25) is 4.79 Å². The van der Waals surface area contributed by atoms with Gasteiger partial charge in [0.1, 0.15) is 5.75 Å². The van der Waals surface area contributed by atoms with Crippen molar-refractivity contribution in [3.8, 4) is 5.75 Å². The molecule has 0 atom stereocenters. The number of nitrogens with one attached hydrogen (secondary N) is 1. The molecule has 0 aromatic heterocycles. The van der Waals surface area contributed by atoms with Crippen LogP contribution in [0.15, 0.2) is 36.4 Å². The Morgan fingerprint density at radius 3 is 2.69 bits per heavy atom. The van der Waals surface area contributed by atoms with E-state index < -0.39 is 0 Å². The number of amides is 1. The predicted molar refractivity (Wildman–Crippen MR) is 104 cm³/mol. The zero-order valence-corrected chi connectivity index (χ0v) is 15.7. The molecule has 26 heavy (non-hydrogen) atoms. The maximum Gasteiger partial charge on any atom is 0.255 e. The summed E-state index contributed by atoms with van der Waals surface area (Å²) in [6.45, 7) is 6.16. The highest BCUT2D eigenvalue weighted by Gasteiger charge is 2.23. The molecule has 0 spiro atoms. The van der Waals surface area contributed by atoms with E-state index >= 15 is 0 Å². The Kier molecular flexibility index (Phi) is 6.47. The molecule has 1 fully saturated rings. The zero-order chi connectivity index (χ0) is 18.4. The predicted octanol–water partition coefficient (Wildman–Crippen LogP) is 3.08. The van der Waals surface area contributed by atoms with Crippen LogP contribution in [0.4, 0.5) is 0 Å². The van der Waals surface area contributed by atoms with Crippen LogP contribution in [-0.2, 0) is 4.74 Å². The van der Waals surface area contributed by atoms with Gasteiger partial charge in [-0.1, -0.05) is 30.3 Å². The number of carbonyl (C=O) groups is 1. The summed E-state index contributed by atoms with van der Waals surface area (Å²) in [7, 11) is 1.73. The maximum absolute atomic E-state index is 13.1. The van der Waals surface area contributed by atoms with Crippen LogP contribution in [0.5, 0.6) is 5.75 Å². The van der Waals surface area contributed by atoms with Crippen molar-refractivity contribution in [3.63, 3.8) is 0 Å². The fourth-order valence-electron chi connectivity index (χ4n) is 3.54. The number of hydrogen-bond donors (Lipinski definition) is 1. The highest BCUT2D eigenvalue weighted by molar-refractivity contribution is 6.09. The molecule has 1 saturated heterocycles. The third-order valence-electron chi connectivity index (χ3n) is 4.95. The zero-order valence-electron chi connectivity index (χ0n) is 15.7. The first kappa shape index (κ1) is 18.7. The Morgan fingerprint density at radius 2 is 1.96 bits per heavy atom. The Balaban J connectivity index is 1.73. The van der Waals surface area contributed by atoms with Crippen molar-refractivity contribution in [2.75, 3.05) is 40.0 Å². The SMILES string of the molecule is CCOc1ccc2ccccc2c1C(=O)NC1CCN(CCOC)CC1. The number of likely N-dealkylation sites (tertiary alicyclic amines) is 1. The van der Waals surface area contributed by atoms with Crippen LogP contribution in [0.25, 0.3) is 10.8 Å². The summed E-state index contributed by atoms with van der Waals surface area (Å²) >= 11 is 0. The summed E-state index contributed by atoms with van der Waals surface area (Å²) < 4.78 is 10.9. The summed E-state index contributed by atoms with van der Waals surface area (Å²) in [5, 5.41) is 5.22. The van der Waals surface area contributed by atoms with E-state index in [1.54, 1.807) is 7.11 Å². The van der Waals surface area contributed by atoms with Gasteiger partial charge in [-0.2, -0.15) is 0 Å². The molecule has 1 amide bonds. The number of carbonyl (C=O) groups excluding carboxylic acids is 1. The molecule has 2 aromatic rings. The maximum atomic E-state index is 13.1. The van der Waals surface area contributed by atoms with Crippen molar-refractivity contribution in [2.24, 2.45) is 0 Å². The lowest BCUT2D eigenvalue weighted by molar-refractivity contribution is 0.0891. The lowest BCUT2D eigenvalue weighted by Gasteiger charge is -2.32. The number of hydrogen-bond acceptors (Lipinski definition) is 4. The van der Waals surface area contributed by atoms with E-state index in [9.17, 15) is 4.79 Å². The van der Waals surface area contributed by atoms with Gasteiger partial charge in [0.15, 0.2) is 0 Å². The van der Waals surface area contributed by atoms with Crippen LogP contribution >= 0.6 is 0 Å². The molecule has 2 aromatic carbocycles. The molecule has 0 unspecified atom stereocenters. The second kappa shape index (κ2) is 9.01. The van der Waals surface area contributed by atoms with Crippen LogP contribution in [0.3, 0.4) is 0 Å². The van der Waals surface area contributed by atoms with Crippen LogP contribution < -0.4 is 10.1 Å². The number of methoxy groups -OCH3 is 1. The molecular formula is C21H28N2O3. The number of benzene rings is 2. The van der Waals surface area contributed by atoms with Gasteiger partial charge >= 0.3 is 0 Å². The van der Waals surface area contributed by atoms with Gasteiger partial charge in [-0.15, -0.1) is 0 Å². The molecule has 3 rings (SSSR count). The third-order valence-corrected chi connectivity index (χ3v) is 4.95. The summed E-state index contributed by atoms with van der Waals surface area (Å²) in [5.74, 6) is 0.613. The molecule has 140 valence electrons. The third kappa shape index (κ3) is 4.34. The van der Waals surface area contributed by atoms with Gasteiger partial charge in [-0.05, 0) is 36.6 Å². The largest absolute Gasteiger partial charge is 0.493 e. The minimum atomic E-state index is -0.0411. The van der Waals surface area contributed by atoms with Gasteiger partial charge in [0.2, 0.25) is 0 Å². The first-order chi connectivity index (χ1) is 12.7. The highest BCUT2D eigenvalue weighted by atomic mass is 16.5. The van der Waals surface area contributed by atoms with E-state index in [0.717, 1.165) is 49.9 Å². The molecule has 0 bridgehead atoms. The molecule has 5 heteroatoms. The van der Waals surface area contributed by atoms with Crippen molar-refractivity contribution in [3.05, 3.63) is 42.0 Å². The Morgan fingerprint density at radius 1 is 1.19 bits per heavy atom. The second-order valence-electron chi connectivity index (χ2n) is 6.68. The van der Waals surface area contributed by atoms with E-state index in [2.05, 4.69) is 10.2 Å². The lowest BCUT2D eigenvalue weighted by atomic mass is 10.0. The molecule has 0 radical (unpaired) electrons. The van der Waals surface area contributed by atoms with Crippen molar-refractivity contribution in [1.82, 2.24) is 10.2 Å². The van der Waals surface area contributed by atoms with E-state index in [-0.39, 0.29) is 11.9 Å². The first-order valence-electron chi connectivity index (χ1n) is 9.39. The average molecular weight is 356 g/mol. The standard InChI is InChI=1S/C21H28N2O3/c1-3-26-19-9-8-16-6-4-5-7-18(16)20(19)21(24)22-17-10-12-23(13-11-17)14-15-25-2/h4-9,17H,3,10-15H2,1-2H3,(H,22,24). The minimum Gasteiger partial charge on any atom is -0.493 e. The molecule has 5 nitrogen and oxygen atoms in total. The van der Waals surface area contributed by atoms with Crippen molar-refractivity contribution < 1.29 is 14.3 Å². The van der Waals surface area contributed by atoms with Crippen molar-refractivity contribution >= 4 is 16.7 Å². The van der Waals surface area contributed by atoms with Crippen LogP contribution in [0, 0.1) is 0 Å². The monoisotopic (exact) mass is 356 g/mol. The van der Waals surface area contributed by atoms with E-state index in [1.165, 1.54) is 0 Å². The van der Waals surface area contributed by atoms with Gasteiger partial charge in [0.05, 0.1) is 18.8 Å². The summed E-state index contributed by atoms with van der Waals surface area (Å²) in [5.41, 5.74) is 0.645. The minimum absolute atomic E-state index is 0.0411. The van der Waals surface area contributed by atoms with Gasteiger partial charge < -0.3 is 19.7 Å². The topological polar surface area (TPSA) is 50.8 Å². The number of nitrogens with zero attached hydrogens (tertiary/aromatic N) is 1. The Bertz CT molecular complexity index is 739. The summed E-state index contributed by atoms with van der Waals surface area (Å²) in [6, 6.07) is 12.1. The number of piperidine rings is 1. The van der Waals surface area contributed by atoms with Crippen molar-refractivity contribution in [1.29, 1.82) is 0 Å². The van der Waals surface area contributed by atoms with E-state index in [4.69, 9.17) is 9.47 Å².